The van der Waals surface area contributed by atoms with Crippen molar-refractivity contribution in [2.45, 2.75) is 31.3 Å². The third kappa shape index (κ3) is 6.40. The van der Waals surface area contributed by atoms with E-state index < -0.39 is 22.6 Å². The van der Waals surface area contributed by atoms with Gasteiger partial charge in [0, 0.05) is 21.8 Å². The molecule has 8 heteroatoms. The van der Waals surface area contributed by atoms with Gasteiger partial charge in [0.1, 0.15) is 12.1 Å². The van der Waals surface area contributed by atoms with Crippen LogP contribution in [0.5, 0.6) is 0 Å². The summed E-state index contributed by atoms with van der Waals surface area (Å²) in [7, 11) is -1.77. The predicted octanol–water partition coefficient (Wildman–Crippen LogP) is 7.08. The summed E-state index contributed by atoms with van der Waals surface area (Å²) in [6, 6.07) is 22.2. The number of carbonyl (C=O) groups excluding carboxylic acids is 1. The van der Waals surface area contributed by atoms with E-state index in [0.29, 0.717) is 20.6 Å². The molecule has 0 aliphatic heterocycles. The smallest absolute Gasteiger partial charge is 0.327 e. The maximum Gasteiger partial charge on any atom is 0.327 e. The summed E-state index contributed by atoms with van der Waals surface area (Å²) >= 11 is 12.3. The summed E-state index contributed by atoms with van der Waals surface area (Å²) in [6.45, 7) is 5.15. The molecule has 0 bridgehead atoms. The zero-order valence-corrected chi connectivity index (χ0v) is 21.8. The Morgan fingerprint density at radius 2 is 1.63 bits per heavy atom. The topological polar surface area (TPSA) is 59.5 Å². The van der Waals surface area contributed by atoms with Gasteiger partial charge in [0.2, 0.25) is 0 Å². The van der Waals surface area contributed by atoms with E-state index in [4.69, 9.17) is 27.9 Å². The number of anilines is 1. The normalized spacial score (nSPS) is 12.4. The molecule has 0 N–H and O–H groups in total. The molecule has 0 fully saturated rings. The molecule has 35 heavy (non-hydrogen) atoms. The molecule has 0 amide bonds. The first-order valence-corrected chi connectivity index (χ1v) is 12.8. The number of benzene rings is 3. The number of nitrogens with zero attached hydrogens (tertiary/aromatic N) is 2. The van der Waals surface area contributed by atoms with Crippen molar-refractivity contribution in [2.24, 2.45) is 0 Å². The Hall–Kier alpha value is -2.93. The Balaban J connectivity index is 1.73. The fraction of sp³-hybridized carbons (Fsp3) is 0.185. The van der Waals surface area contributed by atoms with E-state index in [1.807, 2.05) is 54.6 Å². The molecule has 0 radical (unpaired) electrons. The summed E-state index contributed by atoms with van der Waals surface area (Å²) in [5, 5.41) is 2.64. The second-order valence-electron chi connectivity index (χ2n) is 8.94. The minimum atomic E-state index is -1.77. The van der Waals surface area contributed by atoms with E-state index in [2.05, 4.69) is 4.98 Å². The Labute approximate surface area is 217 Å². The lowest BCUT2D eigenvalue weighted by Crippen LogP contribution is -2.36. The fourth-order valence-electron chi connectivity index (χ4n) is 3.57. The van der Waals surface area contributed by atoms with Gasteiger partial charge in [0.25, 0.3) is 0 Å². The maximum atomic E-state index is 13.6. The van der Waals surface area contributed by atoms with Gasteiger partial charge in [-0.25, -0.2) is 4.21 Å². The first kappa shape index (κ1) is 25.2. The van der Waals surface area contributed by atoms with Gasteiger partial charge in [-0.15, -0.1) is 0 Å². The molecule has 0 saturated carbocycles. The molecule has 180 valence electrons. The number of halogens is 2. The Morgan fingerprint density at radius 3 is 2.29 bits per heavy atom. The van der Waals surface area contributed by atoms with Gasteiger partial charge in [-0.05, 0) is 80.1 Å². The standard InChI is InChI=1S/C27H24Cl2N2O3S/c1-27(2,3)34-26(32)17-31(35(33)24-15-21(28)14-22(29)16-24)23-10-9-18-12-20(8-7-19(18)13-23)25-6-4-5-11-30-25/h4-16H,17H2,1-3H3. The van der Waals surface area contributed by atoms with Crippen LogP contribution in [0.4, 0.5) is 5.69 Å². The van der Waals surface area contributed by atoms with Crippen LogP contribution >= 0.6 is 23.2 Å². The number of hydrogen-bond donors (Lipinski definition) is 0. The summed E-state index contributed by atoms with van der Waals surface area (Å²) in [5.41, 5.74) is 1.80. The van der Waals surface area contributed by atoms with Crippen molar-refractivity contribution in [1.82, 2.24) is 4.98 Å². The minimum Gasteiger partial charge on any atom is -0.459 e. The summed E-state index contributed by atoms with van der Waals surface area (Å²) < 4.78 is 20.6. The molecule has 5 nitrogen and oxygen atoms in total. The molecule has 0 spiro atoms. The molecule has 1 unspecified atom stereocenters. The van der Waals surface area contributed by atoms with Crippen molar-refractivity contribution in [3.63, 3.8) is 0 Å². The largest absolute Gasteiger partial charge is 0.459 e. The van der Waals surface area contributed by atoms with E-state index in [1.165, 1.54) is 4.31 Å². The minimum absolute atomic E-state index is 0.217. The molecule has 4 rings (SSSR count). The lowest BCUT2D eigenvalue weighted by Gasteiger charge is -2.26. The zero-order chi connectivity index (χ0) is 25.2. The third-order valence-corrected chi connectivity index (χ3v) is 6.82. The lowest BCUT2D eigenvalue weighted by molar-refractivity contribution is -0.152. The van der Waals surface area contributed by atoms with Crippen molar-refractivity contribution >= 4 is 56.6 Å². The lowest BCUT2D eigenvalue weighted by atomic mass is 10.0. The number of ether oxygens (including phenoxy) is 1. The van der Waals surface area contributed by atoms with E-state index in [1.54, 1.807) is 45.2 Å². The molecule has 4 aromatic rings. The quantitative estimate of drug-likeness (QED) is 0.252. The highest BCUT2D eigenvalue weighted by molar-refractivity contribution is 7.86. The number of fused-ring (bicyclic) bond motifs is 1. The van der Waals surface area contributed by atoms with Crippen molar-refractivity contribution in [2.75, 3.05) is 10.8 Å². The number of carbonyl (C=O) groups is 1. The Bertz CT molecular complexity index is 1380. The SMILES string of the molecule is CC(C)(C)OC(=O)CN(c1ccc2cc(-c3ccccn3)ccc2c1)S(=O)c1cc(Cl)cc(Cl)c1. The molecule has 1 heterocycles. The fourth-order valence-corrected chi connectivity index (χ4v) is 5.47. The number of aromatic nitrogens is 1. The van der Waals surface area contributed by atoms with E-state index in [-0.39, 0.29) is 6.54 Å². The van der Waals surface area contributed by atoms with Crippen LogP contribution in [0.1, 0.15) is 20.8 Å². The van der Waals surface area contributed by atoms with Crippen LogP contribution < -0.4 is 4.31 Å². The van der Waals surface area contributed by atoms with Gasteiger partial charge in [0.15, 0.2) is 11.0 Å². The Kier molecular flexibility index (Phi) is 7.45. The molecular formula is C27H24Cl2N2O3S. The second kappa shape index (κ2) is 10.4. The van der Waals surface area contributed by atoms with Crippen LogP contribution in [0, 0.1) is 0 Å². The van der Waals surface area contributed by atoms with Crippen LogP contribution in [0.2, 0.25) is 10.0 Å². The van der Waals surface area contributed by atoms with Gasteiger partial charge in [-0.3, -0.25) is 14.1 Å². The highest BCUT2D eigenvalue weighted by Crippen LogP contribution is 2.30. The Morgan fingerprint density at radius 1 is 0.943 bits per heavy atom. The van der Waals surface area contributed by atoms with Gasteiger partial charge < -0.3 is 4.74 Å². The number of esters is 1. The second-order valence-corrected chi connectivity index (χ2v) is 11.2. The molecule has 1 atom stereocenters. The number of hydrogen-bond acceptors (Lipinski definition) is 4. The van der Waals surface area contributed by atoms with Crippen molar-refractivity contribution in [1.29, 1.82) is 0 Å². The molecule has 0 saturated heterocycles. The van der Waals surface area contributed by atoms with E-state index in [9.17, 15) is 9.00 Å². The molecular weight excluding hydrogens is 503 g/mol. The third-order valence-electron chi connectivity index (χ3n) is 5.00. The van der Waals surface area contributed by atoms with E-state index in [0.717, 1.165) is 22.0 Å². The van der Waals surface area contributed by atoms with Crippen LogP contribution in [0.15, 0.2) is 83.9 Å². The van der Waals surface area contributed by atoms with Gasteiger partial charge >= 0.3 is 5.97 Å². The van der Waals surface area contributed by atoms with Gasteiger partial charge in [-0.2, -0.15) is 0 Å². The van der Waals surface area contributed by atoms with E-state index >= 15 is 0 Å². The van der Waals surface area contributed by atoms with Crippen molar-refractivity contribution < 1.29 is 13.7 Å². The average molecular weight is 527 g/mol. The van der Waals surface area contributed by atoms with Crippen LogP contribution in [0.3, 0.4) is 0 Å². The molecule has 3 aromatic carbocycles. The van der Waals surface area contributed by atoms with Crippen LogP contribution in [-0.2, 0) is 20.5 Å². The summed E-state index contributed by atoms with van der Waals surface area (Å²) in [4.78, 5) is 17.5. The maximum absolute atomic E-state index is 13.6. The van der Waals surface area contributed by atoms with Crippen molar-refractivity contribution in [3.05, 3.63) is 89.0 Å². The monoisotopic (exact) mass is 526 g/mol. The first-order valence-electron chi connectivity index (χ1n) is 10.9. The van der Waals surface area contributed by atoms with Gasteiger partial charge in [-0.1, -0.05) is 47.5 Å². The first-order chi connectivity index (χ1) is 16.6. The number of pyridine rings is 1. The number of rotatable bonds is 6. The van der Waals surface area contributed by atoms with Crippen molar-refractivity contribution in [3.8, 4) is 11.3 Å². The molecule has 1 aromatic heterocycles. The predicted molar refractivity (Wildman–Crippen MR) is 143 cm³/mol. The summed E-state index contributed by atoms with van der Waals surface area (Å²) in [6.07, 6.45) is 1.76. The highest BCUT2D eigenvalue weighted by Gasteiger charge is 2.24. The van der Waals surface area contributed by atoms with Crippen LogP contribution in [-0.4, -0.2) is 27.3 Å². The highest BCUT2D eigenvalue weighted by atomic mass is 35.5. The van der Waals surface area contributed by atoms with Crippen LogP contribution in [0.25, 0.3) is 22.0 Å². The van der Waals surface area contributed by atoms with Gasteiger partial charge in [0.05, 0.1) is 16.3 Å². The molecule has 0 aliphatic rings. The summed E-state index contributed by atoms with van der Waals surface area (Å²) in [5.74, 6) is -0.496. The molecule has 0 aliphatic carbocycles. The average Bonchev–Trinajstić information content (AvgIpc) is 2.80. The zero-order valence-electron chi connectivity index (χ0n) is 19.5.